The van der Waals surface area contributed by atoms with Crippen LogP contribution in [0.3, 0.4) is 0 Å². The van der Waals surface area contributed by atoms with Crippen molar-refractivity contribution in [2.24, 2.45) is 0 Å². The monoisotopic (exact) mass is 286 g/mol. The number of hydrogen-bond donors (Lipinski definition) is 1. The lowest BCUT2D eigenvalue weighted by Crippen LogP contribution is -2.27. The van der Waals surface area contributed by atoms with Crippen LogP contribution in [0.2, 0.25) is 0 Å². The maximum atomic E-state index is 13.7. The van der Waals surface area contributed by atoms with Crippen LogP contribution >= 0.6 is 0 Å². The zero-order valence-electron chi connectivity index (χ0n) is 11.3. The van der Waals surface area contributed by atoms with Crippen molar-refractivity contribution >= 4 is 17.3 Å². The van der Waals surface area contributed by atoms with Gasteiger partial charge in [0.15, 0.2) is 0 Å². The van der Waals surface area contributed by atoms with Crippen molar-refractivity contribution in [2.75, 3.05) is 25.6 Å². The van der Waals surface area contributed by atoms with Crippen LogP contribution in [0.5, 0.6) is 0 Å². The Hall–Kier alpha value is -2.22. The number of aliphatic hydroxyl groups is 1. The topological polar surface area (TPSA) is 92.9 Å². The van der Waals surface area contributed by atoms with E-state index in [1.807, 2.05) is 0 Å². The molecule has 0 heterocycles. The quantitative estimate of drug-likeness (QED) is 0.499. The van der Waals surface area contributed by atoms with Crippen LogP contribution in [-0.2, 0) is 4.74 Å². The molecular weight excluding hydrogens is 271 g/mol. The standard InChI is InChI=1S/C12H15FN2O5/c1-7(16)6-14(2)10-4-8(12(17)20-3)9(13)5-11(10)15(18)19/h4-5,7,16H,6H2,1-3H3. The molecule has 0 saturated heterocycles. The first-order valence-electron chi connectivity index (χ1n) is 5.73. The number of anilines is 1. The average molecular weight is 286 g/mol. The molecule has 1 atom stereocenters. The largest absolute Gasteiger partial charge is 0.465 e. The number of likely N-dealkylation sites (N-methyl/N-ethyl adjacent to an activating group) is 1. The van der Waals surface area contributed by atoms with Gasteiger partial charge in [0.1, 0.15) is 11.5 Å². The Bertz CT molecular complexity index is 533. The predicted octanol–water partition coefficient (Wildman–Crippen LogP) is 1.34. The highest BCUT2D eigenvalue weighted by molar-refractivity contribution is 5.92. The smallest absolute Gasteiger partial charge is 0.340 e. The number of ether oxygens (including phenoxy) is 1. The minimum Gasteiger partial charge on any atom is -0.465 e. The summed E-state index contributed by atoms with van der Waals surface area (Å²) >= 11 is 0. The molecule has 0 fully saturated rings. The second-order valence-electron chi connectivity index (χ2n) is 4.30. The number of esters is 1. The second-order valence-corrected chi connectivity index (χ2v) is 4.30. The number of nitro benzene ring substituents is 1. The molecule has 0 aliphatic heterocycles. The Labute approximate surface area is 114 Å². The van der Waals surface area contributed by atoms with Crippen LogP contribution < -0.4 is 4.90 Å². The van der Waals surface area contributed by atoms with E-state index in [-0.39, 0.29) is 12.2 Å². The van der Waals surface area contributed by atoms with Crippen molar-refractivity contribution in [1.29, 1.82) is 0 Å². The van der Waals surface area contributed by atoms with Gasteiger partial charge >= 0.3 is 5.97 Å². The molecule has 1 aromatic carbocycles. The Morgan fingerprint density at radius 2 is 2.20 bits per heavy atom. The molecule has 0 amide bonds. The molecule has 1 aromatic rings. The van der Waals surface area contributed by atoms with Gasteiger partial charge in [-0.1, -0.05) is 0 Å². The molecule has 0 aliphatic rings. The summed E-state index contributed by atoms with van der Waals surface area (Å²) in [5, 5.41) is 20.3. The lowest BCUT2D eigenvalue weighted by atomic mass is 10.1. The van der Waals surface area contributed by atoms with Gasteiger partial charge in [0, 0.05) is 13.6 Å². The van der Waals surface area contributed by atoms with Gasteiger partial charge in [0.25, 0.3) is 5.69 Å². The lowest BCUT2D eigenvalue weighted by Gasteiger charge is -2.21. The minimum atomic E-state index is -1.03. The number of aliphatic hydroxyl groups excluding tert-OH is 1. The molecule has 0 aliphatic carbocycles. The average Bonchev–Trinajstić information content (AvgIpc) is 2.36. The van der Waals surface area contributed by atoms with Gasteiger partial charge in [-0.3, -0.25) is 10.1 Å². The SMILES string of the molecule is COC(=O)c1cc(N(C)CC(C)O)c([N+](=O)[O-])cc1F. The van der Waals surface area contributed by atoms with E-state index in [9.17, 15) is 24.4 Å². The van der Waals surface area contributed by atoms with Crippen molar-refractivity contribution in [3.8, 4) is 0 Å². The van der Waals surface area contributed by atoms with E-state index < -0.39 is 34.1 Å². The van der Waals surface area contributed by atoms with E-state index >= 15 is 0 Å². The van der Waals surface area contributed by atoms with Crippen LogP contribution in [0.25, 0.3) is 0 Å². The van der Waals surface area contributed by atoms with Crippen LogP contribution in [0.1, 0.15) is 17.3 Å². The van der Waals surface area contributed by atoms with Gasteiger partial charge in [-0.15, -0.1) is 0 Å². The third-order valence-electron chi connectivity index (χ3n) is 2.62. The molecule has 8 heteroatoms. The Morgan fingerprint density at radius 1 is 1.60 bits per heavy atom. The number of carbonyl (C=O) groups is 1. The maximum Gasteiger partial charge on any atom is 0.340 e. The third kappa shape index (κ3) is 3.41. The summed E-state index contributed by atoms with van der Waals surface area (Å²) in [4.78, 5) is 23.0. The Balaban J connectivity index is 3.37. The summed E-state index contributed by atoms with van der Waals surface area (Å²) in [5.74, 6) is -1.96. The maximum absolute atomic E-state index is 13.7. The Morgan fingerprint density at radius 3 is 2.65 bits per heavy atom. The summed E-state index contributed by atoms with van der Waals surface area (Å²) in [6.45, 7) is 1.60. The molecular formula is C12H15FN2O5. The van der Waals surface area contributed by atoms with Gasteiger partial charge in [-0.2, -0.15) is 0 Å². The third-order valence-corrected chi connectivity index (χ3v) is 2.62. The highest BCUT2D eigenvalue weighted by Crippen LogP contribution is 2.30. The van der Waals surface area contributed by atoms with Crippen LogP contribution in [0, 0.1) is 15.9 Å². The molecule has 110 valence electrons. The van der Waals surface area contributed by atoms with Crippen molar-refractivity contribution in [2.45, 2.75) is 13.0 Å². The summed E-state index contributed by atoms with van der Waals surface area (Å²) in [5.41, 5.74) is -0.860. The molecule has 0 saturated carbocycles. The van der Waals surface area contributed by atoms with E-state index in [1.54, 1.807) is 0 Å². The van der Waals surface area contributed by atoms with E-state index in [0.717, 1.165) is 13.2 Å². The number of benzene rings is 1. The molecule has 1 N–H and O–H groups in total. The first kappa shape index (κ1) is 15.8. The van der Waals surface area contributed by atoms with Gasteiger partial charge in [-0.05, 0) is 13.0 Å². The fourth-order valence-corrected chi connectivity index (χ4v) is 1.76. The van der Waals surface area contributed by atoms with Gasteiger partial charge in [-0.25, -0.2) is 9.18 Å². The van der Waals surface area contributed by atoms with Crippen molar-refractivity contribution in [3.05, 3.63) is 33.6 Å². The Kier molecular flexibility index (Phi) is 4.98. The first-order chi connectivity index (χ1) is 9.27. The molecule has 7 nitrogen and oxygen atoms in total. The van der Waals surface area contributed by atoms with Gasteiger partial charge < -0.3 is 14.7 Å². The highest BCUT2D eigenvalue weighted by atomic mass is 19.1. The van der Waals surface area contributed by atoms with E-state index in [2.05, 4.69) is 4.74 Å². The lowest BCUT2D eigenvalue weighted by molar-refractivity contribution is -0.384. The predicted molar refractivity (Wildman–Crippen MR) is 69.3 cm³/mol. The van der Waals surface area contributed by atoms with Crippen molar-refractivity contribution < 1.29 is 24.0 Å². The van der Waals surface area contributed by atoms with E-state index in [0.29, 0.717) is 6.07 Å². The molecule has 0 aromatic heterocycles. The summed E-state index contributed by atoms with van der Waals surface area (Å²) in [6, 6.07) is 1.71. The number of methoxy groups -OCH3 is 1. The summed E-state index contributed by atoms with van der Waals surface area (Å²) in [7, 11) is 2.58. The molecule has 0 spiro atoms. The van der Waals surface area contributed by atoms with Gasteiger partial charge in [0.05, 0.1) is 29.8 Å². The van der Waals surface area contributed by atoms with Crippen molar-refractivity contribution in [1.82, 2.24) is 0 Å². The second kappa shape index (κ2) is 6.29. The zero-order valence-corrected chi connectivity index (χ0v) is 11.3. The van der Waals surface area contributed by atoms with Crippen LogP contribution in [0.4, 0.5) is 15.8 Å². The van der Waals surface area contributed by atoms with Gasteiger partial charge in [0.2, 0.25) is 0 Å². The number of halogens is 1. The molecule has 1 unspecified atom stereocenters. The number of rotatable bonds is 5. The first-order valence-corrected chi connectivity index (χ1v) is 5.73. The van der Waals surface area contributed by atoms with E-state index in [1.165, 1.54) is 18.9 Å². The number of nitrogens with zero attached hydrogens (tertiary/aromatic N) is 2. The highest BCUT2D eigenvalue weighted by Gasteiger charge is 2.24. The molecule has 0 radical (unpaired) electrons. The minimum absolute atomic E-state index is 0.0256. The molecule has 1 rings (SSSR count). The number of carbonyl (C=O) groups excluding carboxylic acids is 1. The summed E-state index contributed by atoms with van der Waals surface area (Å²) in [6.07, 6.45) is -0.744. The van der Waals surface area contributed by atoms with Crippen LogP contribution in [0.15, 0.2) is 12.1 Å². The number of nitro groups is 1. The fourth-order valence-electron chi connectivity index (χ4n) is 1.76. The normalized spacial score (nSPS) is 11.8. The molecule has 20 heavy (non-hydrogen) atoms. The van der Waals surface area contributed by atoms with Crippen LogP contribution in [-0.4, -0.2) is 42.8 Å². The fraction of sp³-hybridized carbons (Fsp3) is 0.417. The van der Waals surface area contributed by atoms with Crippen molar-refractivity contribution in [3.63, 3.8) is 0 Å². The molecule has 0 bridgehead atoms. The summed E-state index contributed by atoms with van der Waals surface area (Å²) < 4.78 is 18.1. The number of hydrogen-bond acceptors (Lipinski definition) is 6. The zero-order chi connectivity index (χ0) is 15.4. The van der Waals surface area contributed by atoms with E-state index in [4.69, 9.17) is 0 Å².